The van der Waals surface area contributed by atoms with Gasteiger partial charge in [0.25, 0.3) is 0 Å². The maximum atomic E-state index is 13.6. The van der Waals surface area contributed by atoms with Crippen molar-refractivity contribution in [3.63, 3.8) is 0 Å². The number of carboxylic acids is 1. The van der Waals surface area contributed by atoms with Gasteiger partial charge in [-0.05, 0) is 56.5 Å². The first-order chi connectivity index (χ1) is 21.7. The number of amides is 2. The van der Waals surface area contributed by atoms with Crippen LogP contribution in [0.25, 0.3) is 11.1 Å². The predicted molar refractivity (Wildman–Crippen MR) is 160 cm³/mol. The van der Waals surface area contributed by atoms with E-state index in [1.807, 2.05) is 25.8 Å². The minimum Gasteiger partial charge on any atom is -0.542 e. The van der Waals surface area contributed by atoms with Gasteiger partial charge in [-0.1, -0.05) is 19.1 Å². The minimum absolute atomic E-state index is 0.0208. The fraction of sp³-hybridized carbons (Fsp3) is 0.545. The Morgan fingerprint density at radius 2 is 1.63 bits per heavy atom. The summed E-state index contributed by atoms with van der Waals surface area (Å²) in [6.07, 6.45) is -1.41. The van der Waals surface area contributed by atoms with Crippen LogP contribution in [0.4, 0.5) is 17.6 Å². The van der Waals surface area contributed by atoms with Gasteiger partial charge in [0.15, 0.2) is 0 Å². The number of carbonyl (C=O) groups is 3. The predicted octanol–water partition coefficient (Wildman–Crippen LogP) is 3.29. The Balaban J connectivity index is 0.000000738. The van der Waals surface area contributed by atoms with E-state index < -0.39 is 12.1 Å². The van der Waals surface area contributed by atoms with Gasteiger partial charge in [-0.2, -0.15) is 13.2 Å². The number of nitrogens with zero attached hydrogens (tertiary/aromatic N) is 2. The maximum absolute atomic E-state index is 13.6. The van der Waals surface area contributed by atoms with Gasteiger partial charge in [0.05, 0.1) is 25.3 Å². The molecule has 2 aromatic carbocycles. The molecule has 2 aromatic rings. The zero-order chi connectivity index (χ0) is 34.1. The van der Waals surface area contributed by atoms with Gasteiger partial charge in [0, 0.05) is 56.4 Å². The molecule has 2 atom stereocenters. The Morgan fingerprint density at radius 3 is 2.13 bits per heavy atom. The van der Waals surface area contributed by atoms with Crippen molar-refractivity contribution in [1.29, 1.82) is 0 Å². The Kier molecular flexibility index (Phi) is 12.8. The van der Waals surface area contributed by atoms with Crippen LogP contribution in [0.5, 0.6) is 11.5 Å². The molecule has 2 saturated heterocycles. The summed E-state index contributed by atoms with van der Waals surface area (Å²) in [5, 5.41) is 11.1. The zero-order valence-corrected chi connectivity index (χ0v) is 26.8. The third kappa shape index (κ3) is 9.57. The number of aliphatic carboxylic acids is 1. The molecule has 0 bridgehead atoms. The lowest BCUT2D eigenvalue weighted by Crippen LogP contribution is -2.83. The fourth-order valence-electron chi connectivity index (χ4n) is 5.96. The van der Waals surface area contributed by atoms with E-state index >= 15 is 0 Å². The highest BCUT2D eigenvalue weighted by Crippen LogP contribution is 2.41. The molecule has 254 valence electrons. The van der Waals surface area contributed by atoms with Crippen molar-refractivity contribution in [3.05, 3.63) is 47.8 Å². The molecule has 0 radical (unpaired) electrons. The lowest BCUT2D eigenvalue weighted by Gasteiger charge is -2.37. The number of alkyl halides is 3. The van der Waals surface area contributed by atoms with Crippen LogP contribution in [-0.4, -0.2) is 79.7 Å². The lowest BCUT2D eigenvalue weighted by molar-refractivity contribution is -0.672. The summed E-state index contributed by atoms with van der Waals surface area (Å²) in [7, 11) is 1.83. The number of piperidine rings is 1. The normalized spacial score (nSPS) is 20.0. The lowest BCUT2D eigenvalue weighted by atomic mass is 9.81. The second-order valence-corrected chi connectivity index (χ2v) is 11.7. The third-order valence-electron chi connectivity index (χ3n) is 8.49. The van der Waals surface area contributed by atoms with Crippen molar-refractivity contribution in [2.75, 3.05) is 39.9 Å². The standard InChI is InChI=1S/C31H42FN3O4.C2HF3O2/c1-5-31(18-29(37)35(21-31)25-12-13-28(36)34(4)20-25)14-15-33-19-22-16-26(38-6-2)30(27(17-22)39-7-3)23-8-10-24(32)11-9-23;3-2(4,5)1(6)7/h8-11,16-17,25,33H,5-7,12-15,18-21H2,1-4H3;(H,6,7). The van der Waals surface area contributed by atoms with Gasteiger partial charge in [-0.15, -0.1) is 0 Å². The Morgan fingerprint density at radius 1 is 1.04 bits per heavy atom. The maximum Gasteiger partial charge on any atom is 0.430 e. The van der Waals surface area contributed by atoms with Crippen molar-refractivity contribution in [2.24, 2.45) is 5.41 Å². The van der Waals surface area contributed by atoms with E-state index in [2.05, 4.69) is 24.4 Å². The monoisotopic (exact) mass is 653 g/mol. The average molecular weight is 654 g/mol. The summed E-state index contributed by atoms with van der Waals surface area (Å²) in [6, 6.07) is 10.6. The Hall–Kier alpha value is -3.87. The summed E-state index contributed by atoms with van der Waals surface area (Å²) < 4.78 is 57.1. The number of quaternary nitrogens is 1. The van der Waals surface area contributed by atoms with E-state index in [0.29, 0.717) is 32.6 Å². The highest BCUT2D eigenvalue weighted by Gasteiger charge is 2.45. The molecule has 13 heteroatoms. The molecule has 2 unspecified atom stereocenters. The van der Waals surface area contributed by atoms with Gasteiger partial charge in [0.1, 0.15) is 29.8 Å². The molecule has 9 nitrogen and oxygen atoms in total. The summed E-state index contributed by atoms with van der Waals surface area (Å²) in [5.41, 5.74) is 2.77. The molecule has 4 rings (SSSR count). The smallest absolute Gasteiger partial charge is 0.430 e. The van der Waals surface area contributed by atoms with Crippen LogP contribution in [0.2, 0.25) is 0 Å². The molecule has 0 spiro atoms. The molecule has 2 heterocycles. The number of rotatable bonds is 12. The van der Waals surface area contributed by atoms with Crippen LogP contribution in [0, 0.1) is 11.2 Å². The first kappa shape index (κ1) is 36.6. The number of halogens is 4. The number of benzene rings is 2. The second-order valence-electron chi connectivity index (χ2n) is 11.7. The molecule has 2 fully saturated rings. The first-order valence-corrected chi connectivity index (χ1v) is 15.5. The number of carboxylic acid groups (broad SMARTS) is 1. The molecular formula is C33H43F4N3O6. The number of ether oxygens (including phenoxy) is 2. The Labute approximate surface area is 266 Å². The van der Waals surface area contributed by atoms with Crippen LogP contribution in [0.3, 0.4) is 0 Å². The van der Waals surface area contributed by atoms with Crippen molar-refractivity contribution < 1.29 is 51.8 Å². The first-order valence-electron chi connectivity index (χ1n) is 15.5. The number of hydrogen-bond acceptors (Lipinski definition) is 6. The molecule has 0 aliphatic carbocycles. The molecule has 46 heavy (non-hydrogen) atoms. The SMILES string of the molecule is CCOc1cc(C[NH2+]CCC2(CC)CC(=O)N(C3CCC(=O)N(C)C3)C2)cc(OCC)c1-c1ccc(F)cc1.O=C([O-])C(F)(F)F. The minimum atomic E-state index is -5.19. The Bertz CT molecular complexity index is 1330. The largest absolute Gasteiger partial charge is 0.542 e. The van der Waals surface area contributed by atoms with E-state index in [4.69, 9.17) is 19.4 Å². The van der Waals surface area contributed by atoms with Crippen molar-refractivity contribution in [1.82, 2.24) is 9.80 Å². The van der Waals surface area contributed by atoms with Gasteiger partial charge in [0.2, 0.25) is 11.8 Å². The van der Waals surface area contributed by atoms with Crippen LogP contribution in [0.1, 0.15) is 58.4 Å². The van der Waals surface area contributed by atoms with Gasteiger partial charge in [-0.25, -0.2) is 4.39 Å². The number of likely N-dealkylation sites (N-methyl/N-ethyl adjacent to an activating group) is 1. The summed E-state index contributed by atoms with van der Waals surface area (Å²) in [6.45, 7) is 10.2. The fourth-order valence-corrected chi connectivity index (χ4v) is 5.96. The molecule has 2 amide bonds. The molecule has 0 aromatic heterocycles. The van der Waals surface area contributed by atoms with E-state index in [0.717, 1.165) is 67.1 Å². The van der Waals surface area contributed by atoms with E-state index in [1.54, 1.807) is 17.0 Å². The van der Waals surface area contributed by atoms with Crippen molar-refractivity contribution in [2.45, 2.75) is 71.6 Å². The molecular weight excluding hydrogens is 610 g/mol. The van der Waals surface area contributed by atoms with Crippen LogP contribution >= 0.6 is 0 Å². The van der Waals surface area contributed by atoms with Crippen LogP contribution in [0.15, 0.2) is 36.4 Å². The van der Waals surface area contributed by atoms with E-state index in [1.165, 1.54) is 12.1 Å². The zero-order valence-electron chi connectivity index (χ0n) is 26.8. The summed E-state index contributed by atoms with van der Waals surface area (Å²) in [5.74, 6) is -1.43. The highest BCUT2D eigenvalue weighted by molar-refractivity contribution is 5.81. The number of carbonyl (C=O) groups excluding carboxylic acids is 3. The summed E-state index contributed by atoms with van der Waals surface area (Å²) >= 11 is 0. The molecule has 2 N–H and O–H groups in total. The van der Waals surface area contributed by atoms with Gasteiger partial charge in [-0.3, -0.25) is 9.59 Å². The quantitative estimate of drug-likeness (QED) is 0.278. The van der Waals surface area contributed by atoms with E-state index in [9.17, 15) is 27.2 Å². The van der Waals surface area contributed by atoms with Gasteiger partial charge < -0.3 is 34.5 Å². The molecule has 0 saturated carbocycles. The molecule has 2 aliphatic rings. The number of nitrogens with two attached hydrogens (primary N) is 1. The second kappa shape index (κ2) is 16.1. The van der Waals surface area contributed by atoms with Crippen LogP contribution in [-0.2, 0) is 20.9 Å². The van der Waals surface area contributed by atoms with Crippen molar-refractivity contribution in [3.8, 4) is 22.6 Å². The molecule has 2 aliphatic heterocycles. The average Bonchev–Trinajstić information content (AvgIpc) is 3.34. The summed E-state index contributed by atoms with van der Waals surface area (Å²) in [4.78, 5) is 37.5. The number of likely N-dealkylation sites (tertiary alicyclic amines) is 2. The van der Waals surface area contributed by atoms with E-state index in [-0.39, 0.29) is 29.1 Å². The van der Waals surface area contributed by atoms with Crippen LogP contribution < -0.4 is 19.9 Å². The topological polar surface area (TPSA) is 116 Å². The third-order valence-corrected chi connectivity index (χ3v) is 8.49. The van der Waals surface area contributed by atoms with Gasteiger partial charge >= 0.3 is 6.18 Å². The number of hydrogen-bond donors (Lipinski definition) is 1. The highest BCUT2D eigenvalue weighted by atomic mass is 19.4. The van der Waals surface area contributed by atoms with Crippen molar-refractivity contribution >= 4 is 17.8 Å².